The van der Waals surface area contributed by atoms with Crippen LogP contribution in [0.4, 0.5) is 13.2 Å². The van der Waals surface area contributed by atoms with Gasteiger partial charge in [-0.25, -0.2) is 26.6 Å². The molecule has 6 nitrogen and oxygen atoms in total. The zero-order valence-electron chi connectivity index (χ0n) is 20.3. The van der Waals surface area contributed by atoms with Gasteiger partial charge in [-0.15, -0.1) is 0 Å². The molecule has 1 aliphatic heterocycles. The quantitative estimate of drug-likeness (QED) is 0.190. The monoisotopic (exact) mass is 541 g/mol. The van der Waals surface area contributed by atoms with Gasteiger partial charge in [-0.3, -0.25) is 0 Å². The predicted octanol–water partition coefficient (Wildman–Crippen LogP) is 5.59. The molecule has 0 spiro atoms. The Hall–Kier alpha value is -2.08. The van der Waals surface area contributed by atoms with Crippen molar-refractivity contribution in [1.29, 1.82) is 0 Å². The van der Waals surface area contributed by atoms with Crippen LogP contribution < -0.4 is 0 Å². The second kappa shape index (κ2) is 11.5. The molecule has 0 amide bonds. The van der Waals surface area contributed by atoms with Crippen LogP contribution in [0.15, 0.2) is 40.4 Å². The Labute approximate surface area is 213 Å². The zero-order valence-corrected chi connectivity index (χ0v) is 22.0. The smallest absolute Gasteiger partial charge is 0.243 e. The van der Waals surface area contributed by atoms with Gasteiger partial charge in [0, 0.05) is 38.6 Å². The summed E-state index contributed by atoms with van der Waals surface area (Å²) in [6, 6.07) is 6.89. The summed E-state index contributed by atoms with van der Waals surface area (Å²) < 4.78 is 76.2. The molecular formula is C25H30F3N3O3S2. The van der Waals surface area contributed by atoms with Crippen molar-refractivity contribution < 1.29 is 26.3 Å². The first-order valence-corrected chi connectivity index (χ1v) is 14.5. The van der Waals surface area contributed by atoms with Crippen molar-refractivity contribution in [3.05, 3.63) is 53.3 Å². The molecule has 11 heteroatoms. The third-order valence-corrected chi connectivity index (χ3v) is 9.14. The van der Waals surface area contributed by atoms with E-state index >= 15 is 0 Å². The van der Waals surface area contributed by atoms with Crippen molar-refractivity contribution in [3.63, 3.8) is 0 Å². The van der Waals surface area contributed by atoms with E-state index < -0.39 is 27.5 Å². The predicted molar refractivity (Wildman–Crippen MR) is 134 cm³/mol. The molecule has 196 valence electrons. The lowest BCUT2D eigenvalue weighted by Gasteiger charge is -2.30. The first kappa shape index (κ1) is 27.0. The SMILES string of the molecule is CCOCCCn1c(SCc2cc(F)c(F)c(F)c2)nc2cc(S(=O)(=O)N3CCC[C@H](C)C3)ccc21. The Balaban J connectivity index is 1.64. The van der Waals surface area contributed by atoms with E-state index in [2.05, 4.69) is 11.9 Å². The fourth-order valence-corrected chi connectivity index (χ4v) is 6.99. The highest BCUT2D eigenvalue weighted by molar-refractivity contribution is 7.98. The topological polar surface area (TPSA) is 64.4 Å². The van der Waals surface area contributed by atoms with E-state index in [1.54, 1.807) is 18.2 Å². The first-order chi connectivity index (χ1) is 17.2. The lowest BCUT2D eigenvalue weighted by Crippen LogP contribution is -2.39. The number of benzene rings is 2. The van der Waals surface area contributed by atoms with Gasteiger partial charge in [0.25, 0.3) is 0 Å². The second-order valence-electron chi connectivity index (χ2n) is 9.02. The van der Waals surface area contributed by atoms with Crippen LogP contribution in [0.3, 0.4) is 0 Å². The summed E-state index contributed by atoms with van der Waals surface area (Å²) in [5.41, 5.74) is 1.57. The summed E-state index contributed by atoms with van der Waals surface area (Å²) >= 11 is 1.25. The van der Waals surface area contributed by atoms with Crippen molar-refractivity contribution in [1.82, 2.24) is 13.9 Å². The summed E-state index contributed by atoms with van der Waals surface area (Å²) in [4.78, 5) is 4.86. The van der Waals surface area contributed by atoms with Crippen LogP contribution in [0.2, 0.25) is 0 Å². The fourth-order valence-electron chi connectivity index (χ4n) is 4.40. The third kappa shape index (κ3) is 5.90. The number of hydrogen-bond donors (Lipinski definition) is 0. The number of rotatable bonds is 10. The highest BCUT2D eigenvalue weighted by Crippen LogP contribution is 2.31. The molecule has 3 aromatic rings. The second-order valence-corrected chi connectivity index (χ2v) is 11.9. The van der Waals surface area contributed by atoms with E-state index in [1.165, 1.54) is 16.1 Å². The summed E-state index contributed by atoms with van der Waals surface area (Å²) in [5.74, 6) is -3.50. The Morgan fingerprint density at radius 1 is 1.17 bits per heavy atom. The Morgan fingerprint density at radius 2 is 1.92 bits per heavy atom. The normalized spacial score (nSPS) is 17.2. The molecule has 0 N–H and O–H groups in total. The molecule has 0 radical (unpaired) electrons. The van der Waals surface area contributed by atoms with E-state index in [4.69, 9.17) is 4.74 Å². The number of imidazole rings is 1. The lowest BCUT2D eigenvalue weighted by atomic mass is 10.0. The molecule has 0 unspecified atom stereocenters. The van der Waals surface area contributed by atoms with E-state index in [-0.39, 0.29) is 16.2 Å². The van der Waals surface area contributed by atoms with E-state index in [0.717, 1.165) is 30.5 Å². The standard InChI is InChI=1S/C25H30F3N3O3S2/c1-3-34-11-5-10-31-23-8-7-19(36(32,33)30-9-4-6-17(2)15-30)14-22(23)29-25(31)35-16-18-12-20(26)24(28)21(27)13-18/h7-8,12-14,17H,3-6,9-11,15-16H2,1-2H3/t17-/m0/s1. The van der Waals surface area contributed by atoms with Gasteiger partial charge < -0.3 is 9.30 Å². The Morgan fingerprint density at radius 3 is 2.61 bits per heavy atom. The van der Waals surface area contributed by atoms with Crippen LogP contribution in [0.1, 0.15) is 38.7 Å². The molecule has 1 aromatic heterocycles. The summed E-state index contributed by atoms with van der Waals surface area (Å²) in [6.07, 6.45) is 2.56. The van der Waals surface area contributed by atoms with Crippen molar-refractivity contribution in [2.45, 2.75) is 55.5 Å². The summed E-state index contributed by atoms with van der Waals surface area (Å²) in [5, 5.41) is 0.577. The number of halogens is 3. The Kier molecular flexibility index (Phi) is 8.64. The van der Waals surface area contributed by atoms with Gasteiger partial charge >= 0.3 is 0 Å². The molecular weight excluding hydrogens is 511 g/mol. The number of piperidine rings is 1. The molecule has 0 saturated carbocycles. The van der Waals surface area contributed by atoms with E-state index in [0.29, 0.717) is 55.9 Å². The van der Waals surface area contributed by atoms with Crippen molar-refractivity contribution in [2.24, 2.45) is 5.92 Å². The molecule has 1 saturated heterocycles. The number of fused-ring (bicyclic) bond motifs is 1. The number of ether oxygens (including phenoxy) is 1. The average molecular weight is 542 g/mol. The lowest BCUT2D eigenvalue weighted by molar-refractivity contribution is 0.141. The van der Waals surface area contributed by atoms with Gasteiger partial charge in [-0.1, -0.05) is 18.7 Å². The maximum Gasteiger partial charge on any atom is 0.243 e. The molecule has 1 atom stereocenters. The van der Waals surface area contributed by atoms with Crippen LogP contribution in [-0.2, 0) is 27.1 Å². The van der Waals surface area contributed by atoms with Gasteiger partial charge in [0.05, 0.1) is 15.9 Å². The third-order valence-electron chi connectivity index (χ3n) is 6.23. The minimum atomic E-state index is -3.64. The number of thioether (sulfide) groups is 1. The summed E-state index contributed by atoms with van der Waals surface area (Å²) in [7, 11) is -3.64. The van der Waals surface area contributed by atoms with Crippen LogP contribution in [-0.4, -0.2) is 48.6 Å². The highest BCUT2D eigenvalue weighted by atomic mass is 32.2. The number of nitrogens with zero attached hydrogens (tertiary/aromatic N) is 3. The number of aromatic nitrogens is 2. The zero-order chi connectivity index (χ0) is 25.9. The van der Waals surface area contributed by atoms with Crippen LogP contribution >= 0.6 is 11.8 Å². The van der Waals surface area contributed by atoms with Crippen molar-refractivity contribution in [2.75, 3.05) is 26.3 Å². The van der Waals surface area contributed by atoms with Crippen molar-refractivity contribution >= 4 is 32.8 Å². The molecule has 36 heavy (non-hydrogen) atoms. The van der Waals surface area contributed by atoms with Gasteiger partial charge in [-0.2, -0.15) is 4.31 Å². The Bertz CT molecular complexity index is 1310. The first-order valence-electron chi connectivity index (χ1n) is 12.0. The fraction of sp³-hybridized carbons (Fsp3) is 0.480. The van der Waals surface area contributed by atoms with Crippen LogP contribution in [0.25, 0.3) is 11.0 Å². The molecule has 1 fully saturated rings. The summed E-state index contributed by atoms with van der Waals surface area (Å²) in [6.45, 7) is 6.69. The van der Waals surface area contributed by atoms with Gasteiger partial charge in [0.1, 0.15) is 0 Å². The number of aryl methyl sites for hydroxylation is 1. The van der Waals surface area contributed by atoms with Crippen LogP contribution in [0.5, 0.6) is 0 Å². The minimum absolute atomic E-state index is 0.166. The average Bonchev–Trinajstić information content (AvgIpc) is 3.20. The molecule has 2 aromatic carbocycles. The maximum absolute atomic E-state index is 13.7. The molecule has 1 aliphatic rings. The number of sulfonamides is 1. The number of hydrogen-bond acceptors (Lipinski definition) is 5. The molecule has 0 aliphatic carbocycles. The molecule has 2 heterocycles. The van der Waals surface area contributed by atoms with Gasteiger partial charge in [0.15, 0.2) is 22.6 Å². The maximum atomic E-state index is 13.7. The largest absolute Gasteiger partial charge is 0.382 e. The highest BCUT2D eigenvalue weighted by Gasteiger charge is 2.29. The van der Waals surface area contributed by atoms with Gasteiger partial charge in [-0.05, 0) is 68.0 Å². The van der Waals surface area contributed by atoms with Crippen molar-refractivity contribution in [3.8, 4) is 0 Å². The van der Waals surface area contributed by atoms with E-state index in [1.807, 2.05) is 11.5 Å². The van der Waals surface area contributed by atoms with Gasteiger partial charge in [0.2, 0.25) is 10.0 Å². The minimum Gasteiger partial charge on any atom is -0.382 e. The molecule has 4 rings (SSSR count). The van der Waals surface area contributed by atoms with Crippen LogP contribution in [0, 0.1) is 23.4 Å². The molecule has 0 bridgehead atoms. The van der Waals surface area contributed by atoms with E-state index in [9.17, 15) is 21.6 Å².